The fourth-order valence-corrected chi connectivity index (χ4v) is 5.34. The van der Waals surface area contributed by atoms with E-state index in [-0.39, 0.29) is 6.54 Å². The first-order valence-electron chi connectivity index (χ1n) is 8.23. The van der Waals surface area contributed by atoms with E-state index in [9.17, 15) is 8.42 Å². The van der Waals surface area contributed by atoms with Gasteiger partial charge in [-0.05, 0) is 23.8 Å². The third-order valence-electron chi connectivity index (χ3n) is 4.43. The van der Waals surface area contributed by atoms with Crippen molar-refractivity contribution in [1.82, 2.24) is 4.31 Å². The van der Waals surface area contributed by atoms with Gasteiger partial charge >= 0.3 is 0 Å². The van der Waals surface area contributed by atoms with E-state index in [0.29, 0.717) is 10.6 Å². The quantitative estimate of drug-likeness (QED) is 0.653. The zero-order chi connectivity index (χ0) is 18.1. The molecule has 4 nitrogen and oxygen atoms in total. The molecule has 6 heteroatoms. The van der Waals surface area contributed by atoms with Gasteiger partial charge in [0.15, 0.2) is 0 Å². The van der Waals surface area contributed by atoms with Gasteiger partial charge in [-0.15, -0.1) is 0 Å². The number of rotatable bonds is 3. The second-order valence-corrected chi connectivity index (χ2v) is 8.81. The number of nitrogens with one attached hydrogen (secondary N) is 1. The lowest BCUT2D eigenvalue weighted by Crippen LogP contribution is -2.42. The Bertz CT molecular complexity index is 1040. The topological polar surface area (TPSA) is 49.4 Å². The second kappa shape index (κ2) is 6.87. The third-order valence-corrected chi connectivity index (χ3v) is 7.03. The van der Waals surface area contributed by atoms with Crippen LogP contribution in [0, 0.1) is 0 Å². The first-order chi connectivity index (χ1) is 12.6. The summed E-state index contributed by atoms with van der Waals surface area (Å²) in [5.74, 6) is 0. The van der Waals surface area contributed by atoms with Crippen LogP contribution in [0.4, 0.5) is 5.69 Å². The molecule has 26 heavy (non-hydrogen) atoms. The zero-order valence-electron chi connectivity index (χ0n) is 13.8. The van der Waals surface area contributed by atoms with Crippen molar-refractivity contribution in [3.05, 3.63) is 94.5 Å². The Morgan fingerprint density at radius 2 is 1.54 bits per heavy atom. The van der Waals surface area contributed by atoms with Gasteiger partial charge in [-0.1, -0.05) is 76.6 Å². The molecule has 0 spiro atoms. The van der Waals surface area contributed by atoms with Gasteiger partial charge in [0.1, 0.15) is 11.1 Å². The summed E-state index contributed by atoms with van der Waals surface area (Å²) in [5, 5.41) is 3.40. The summed E-state index contributed by atoms with van der Waals surface area (Å²) < 4.78 is 29.1. The maximum atomic E-state index is 13.4. The van der Waals surface area contributed by atoms with Crippen molar-refractivity contribution >= 4 is 31.6 Å². The van der Waals surface area contributed by atoms with Crippen LogP contribution in [0.3, 0.4) is 0 Å². The lowest BCUT2D eigenvalue weighted by Gasteiger charge is -2.37. The molecule has 1 N–H and O–H groups in total. The standard InChI is InChI=1S/C20H17BrN2O2S/c21-17-11-5-4-10-16(17)20-22-18-12-6-7-13-19(18)26(24,25)23(20)14-15-8-2-1-3-9-15/h1-13,20,22H,14H2. The minimum absolute atomic E-state index is 0.288. The highest BCUT2D eigenvalue weighted by atomic mass is 79.9. The Morgan fingerprint density at radius 1 is 0.885 bits per heavy atom. The van der Waals surface area contributed by atoms with Crippen molar-refractivity contribution in [1.29, 1.82) is 0 Å². The molecule has 4 rings (SSSR count). The van der Waals surface area contributed by atoms with Gasteiger partial charge < -0.3 is 5.32 Å². The number of hydrogen-bond donors (Lipinski definition) is 1. The number of hydrogen-bond acceptors (Lipinski definition) is 3. The summed E-state index contributed by atoms with van der Waals surface area (Å²) in [5.41, 5.74) is 2.44. The van der Waals surface area contributed by atoms with Crippen LogP contribution in [-0.4, -0.2) is 12.7 Å². The lowest BCUT2D eigenvalue weighted by molar-refractivity contribution is 0.335. The summed E-state index contributed by atoms with van der Waals surface area (Å²) in [6.07, 6.45) is -0.495. The normalized spacial score (nSPS) is 18.7. The molecule has 0 saturated heterocycles. The minimum atomic E-state index is -3.65. The molecular formula is C20H17BrN2O2S. The van der Waals surface area contributed by atoms with E-state index >= 15 is 0 Å². The Morgan fingerprint density at radius 3 is 2.31 bits per heavy atom. The predicted molar refractivity (Wildman–Crippen MR) is 106 cm³/mol. The van der Waals surface area contributed by atoms with Gasteiger partial charge in [-0.3, -0.25) is 0 Å². The van der Waals surface area contributed by atoms with Gasteiger partial charge in [0.25, 0.3) is 0 Å². The molecule has 1 heterocycles. The molecule has 0 fully saturated rings. The Balaban J connectivity index is 1.86. The van der Waals surface area contributed by atoms with Crippen LogP contribution in [0.2, 0.25) is 0 Å². The second-order valence-electron chi connectivity index (χ2n) is 6.10. The molecule has 1 aliphatic rings. The van der Waals surface area contributed by atoms with Crippen molar-refractivity contribution in [3.63, 3.8) is 0 Å². The molecule has 3 aromatic carbocycles. The fraction of sp³-hybridized carbons (Fsp3) is 0.100. The molecule has 0 radical (unpaired) electrons. The van der Waals surface area contributed by atoms with Crippen molar-refractivity contribution < 1.29 is 8.42 Å². The molecule has 1 atom stereocenters. The van der Waals surface area contributed by atoms with Gasteiger partial charge in [0.05, 0.1) is 5.69 Å². The average Bonchev–Trinajstić information content (AvgIpc) is 2.65. The summed E-state index contributed by atoms with van der Waals surface area (Å²) in [7, 11) is -3.65. The van der Waals surface area contributed by atoms with Crippen molar-refractivity contribution in [2.75, 3.05) is 5.32 Å². The maximum Gasteiger partial charge on any atom is 0.247 e. The maximum absolute atomic E-state index is 13.4. The number of fused-ring (bicyclic) bond motifs is 1. The van der Waals surface area contributed by atoms with E-state index < -0.39 is 16.2 Å². The highest BCUT2D eigenvalue weighted by molar-refractivity contribution is 9.10. The largest absolute Gasteiger partial charge is 0.364 e. The highest BCUT2D eigenvalue weighted by Gasteiger charge is 2.39. The molecule has 0 saturated carbocycles. The SMILES string of the molecule is O=S1(=O)c2ccccc2NC(c2ccccc2Br)N1Cc1ccccc1. The van der Waals surface area contributed by atoms with Gasteiger partial charge in [0, 0.05) is 16.6 Å². The van der Waals surface area contributed by atoms with E-state index in [4.69, 9.17) is 0 Å². The van der Waals surface area contributed by atoms with Crippen molar-refractivity contribution in [3.8, 4) is 0 Å². The molecule has 0 bridgehead atoms. The minimum Gasteiger partial charge on any atom is -0.364 e. The van der Waals surface area contributed by atoms with Crippen LogP contribution in [-0.2, 0) is 16.6 Å². The number of halogens is 1. The van der Waals surface area contributed by atoms with Crippen LogP contribution in [0.1, 0.15) is 17.3 Å². The number of nitrogens with zero attached hydrogens (tertiary/aromatic N) is 1. The molecule has 3 aromatic rings. The monoisotopic (exact) mass is 428 g/mol. The predicted octanol–water partition coefficient (Wildman–Crippen LogP) is 4.76. The highest BCUT2D eigenvalue weighted by Crippen LogP contribution is 2.40. The van der Waals surface area contributed by atoms with E-state index in [0.717, 1.165) is 15.6 Å². The Kier molecular flexibility index (Phi) is 4.56. The first-order valence-corrected chi connectivity index (χ1v) is 10.5. The molecule has 0 aliphatic carbocycles. The van der Waals surface area contributed by atoms with Crippen LogP contribution >= 0.6 is 15.9 Å². The number of benzene rings is 3. The Hall–Kier alpha value is -2.15. The molecule has 132 valence electrons. The molecule has 1 unspecified atom stereocenters. The zero-order valence-corrected chi connectivity index (χ0v) is 16.2. The van der Waals surface area contributed by atoms with Gasteiger partial charge in [-0.25, -0.2) is 8.42 Å². The summed E-state index contributed by atoms with van der Waals surface area (Å²) in [6.45, 7) is 0.288. The average molecular weight is 429 g/mol. The van der Waals surface area contributed by atoms with Gasteiger partial charge in [0.2, 0.25) is 10.0 Å². The van der Waals surface area contributed by atoms with E-state index in [1.54, 1.807) is 18.2 Å². The Labute approximate surface area is 161 Å². The van der Waals surface area contributed by atoms with Crippen LogP contribution in [0.5, 0.6) is 0 Å². The van der Waals surface area contributed by atoms with Gasteiger partial charge in [-0.2, -0.15) is 4.31 Å². The molecule has 0 aromatic heterocycles. The van der Waals surface area contributed by atoms with Crippen molar-refractivity contribution in [2.24, 2.45) is 0 Å². The molecular weight excluding hydrogens is 412 g/mol. The smallest absolute Gasteiger partial charge is 0.247 e. The molecule has 0 amide bonds. The lowest BCUT2D eigenvalue weighted by atomic mass is 10.1. The summed E-state index contributed by atoms with van der Waals surface area (Å²) >= 11 is 3.56. The summed E-state index contributed by atoms with van der Waals surface area (Å²) in [6, 6.07) is 24.4. The van der Waals surface area contributed by atoms with E-state index in [1.165, 1.54) is 4.31 Å². The number of para-hydroxylation sites is 1. The van der Waals surface area contributed by atoms with Crippen LogP contribution < -0.4 is 5.32 Å². The van der Waals surface area contributed by atoms with E-state index in [1.807, 2.05) is 60.7 Å². The number of sulfonamides is 1. The van der Waals surface area contributed by atoms with Crippen LogP contribution in [0.15, 0.2) is 88.2 Å². The van der Waals surface area contributed by atoms with Crippen LogP contribution in [0.25, 0.3) is 0 Å². The van der Waals surface area contributed by atoms with Crippen molar-refractivity contribution in [2.45, 2.75) is 17.6 Å². The molecule has 1 aliphatic heterocycles. The first kappa shape index (κ1) is 17.3. The third kappa shape index (κ3) is 3.05. The fourth-order valence-electron chi connectivity index (χ4n) is 3.16. The van der Waals surface area contributed by atoms with E-state index in [2.05, 4.69) is 21.2 Å². The summed E-state index contributed by atoms with van der Waals surface area (Å²) in [4.78, 5) is 0.305. The number of anilines is 1.